The summed E-state index contributed by atoms with van der Waals surface area (Å²) in [4.78, 5) is 0. The molecule has 1 saturated heterocycles. The van der Waals surface area contributed by atoms with Crippen molar-refractivity contribution in [1.82, 2.24) is 5.32 Å². The van der Waals surface area contributed by atoms with Gasteiger partial charge in [0.05, 0.1) is 12.7 Å². The van der Waals surface area contributed by atoms with E-state index < -0.39 is 12.2 Å². The minimum absolute atomic E-state index is 0.0400. The van der Waals surface area contributed by atoms with Crippen LogP contribution in [0.5, 0.6) is 5.75 Å². The van der Waals surface area contributed by atoms with E-state index in [1.807, 2.05) is 0 Å². The molecule has 1 unspecified atom stereocenters. The van der Waals surface area contributed by atoms with Gasteiger partial charge in [-0.2, -0.15) is 0 Å². The van der Waals surface area contributed by atoms with Crippen molar-refractivity contribution in [2.24, 2.45) is 0 Å². The van der Waals surface area contributed by atoms with Crippen LogP contribution in [0.25, 0.3) is 0 Å². The van der Waals surface area contributed by atoms with Gasteiger partial charge in [-0.1, -0.05) is 0 Å². The average molecular weight is 245 g/mol. The lowest BCUT2D eigenvalue weighted by atomic mass is 9.95. The maximum atomic E-state index is 13.3. The van der Waals surface area contributed by atoms with E-state index in [9.17, 15) is 13.2 Å². The second kappa shape index (κ2) is 4.96. The number of ether oxygens (including phenoxy) is 1. The van der Waals surface area contributed by atoms with E-state index in [1.165, 1.54) is 13.2 Å². The summed E-state index contributed by atoms with van der Waals surface area (Å²) in [7, 11) is 1.34. The Morgan fingerprint density at radius 3 is 2.71 bits per heavy atom. The lowest BCUT2D eigenvalue weighted by Crippen LogP contribution is -2.10. The molecule has 1 aliphatic heterocycles. The summed E-state index contributed by atoms with van der Waals surface area (Å²) in [6.07, 6.45) is -1.92. The first-order valence-corrected chi connectivity index (χ1v) is 5.49. The largest absolute Gasteiger partial charge is 0.496 e. The van der Waals surface area contributed by atoms with Gasteiger partial charge in [0, 0.05) is 18.0 Å². The van der Waals surface area contributed by atoms with Crippen LogP contribution in [0.2, 0.25) is 0 Å². The minimum atomic E-state index is -2.73. The highest BCUT2D eigenvalue weighted by Gasteiger charge is 2.25. The summed E-state index contributed by atoms with van der Waals surface area (Å²) in [6.45, 7) is 1.48. The van der Waals surface area contributed by atoms with E-state index in [4.69, 9.17) is 4.74 Å². The highest BCUT2D eigenvalue weighted by atomic mass is 19.3. The average Bonchev–Trinajstić information content (AvgIpc) is 2.81. The van der Waals surface area contributed by atoms with Crippen molar-refractivity contribution in [1.29, 1.82) is 0 Å². The van der Waals surface area contributed by atoms with Crippen molar-refractivity contribution in [2.45, 2.75) is 18.8 Å². The Hall–Kier alpha value is -1.23. The zero-order valence-corrected chi connectivity index (χ0v) is 9.47. The van der Waals surface area contributed by atoms with Crippen molar-refractivity contribution in [3.05, 3.63) is 29.1 Å². The molecule has 17 heavy (non-hydrogen) atoms. The zero-order valence-electron chi connectivity index (χ0n) is 9.47. The fourth-order valence-electron chi connectivity index (χ4n) is 2.26. The third-order valence-corrected chi connectivity index (χ3v) is 3.05. The van der Waals surface area contributed by atoms with E-state index in [-0.39, 0.29) is 17.2 Å². The predicted molar refractivity (Wildman–Crippen MR) is 58.1 cm³/mol. The Kier molecular flexibility index (Phi) is 3.57. The van der Waals surface area contributed by atoms with Crippen molar-refractivity contribution in [3.8, 4) is 5.75 Å². The van der Waals surface area contributed by atoms with E-state index in [2.05, 4.69) is 5.32 Å². The predicted octanol–water partition coefficient (Wildman–Crippen LogP) is 2.85. The number of hydrogen-bond donors (Lipinski definition) is 1. The number of rotatable bonds is 3. The van der Waals surface area contributed by atoms with E-state index >= 15 is 0 Å². The number of halogens is 3. The Morgan fingerprint density at radius 2 is 2.18 bits per heavy atom. The molecule has 0 saturated carbocycles. The number of nitrogens with one attached hydrogen (secondary N) is 1. The molecule has 0 spiro atoms. The van der Waals surface area contributed by atoms with Crippen molar-refractivity contribution < 1.29 is 17.9 Å². The molecule has 1 aliphatic rings. The normalized spacial score (nSPS) is 19.9. The first kappa shape index (κ1) is 12.2. The lowest BCUT2D eigenvalue weighted by molar-refractivity contribution is 0.146. The second-order valence-electron chi connectivity index (χ2n) is 4.11. The summed E-state index contributed by atoms with van der Waals surface area (Å²) in [6, 6.07) is 2.14. The standard InChI is InChI=1S/C12H14F3NO/c1-17-11-9(7-2-3-16-6-7)4-8(13)5-10(11)12(14)15/h4-5,7,12,16H,2-3,6H2,1H3. The Labute approximate surface area is 97.8 Å². The van der Waals surface area contributed by atoms with Crippen molar-refractivity contribution >= 4 is 0 Å². The van der Waals surface area contributed by atoms with E-state index in [1.54, 1.807) is 0 Å². The fourth-order valence-corrected chi connectivity index (χ4v) is 2.26. The molecule has 94 valence electrons. The Balaban J connectivity index is 2.48. The molecule has 5 heteroatoms. The van der Waals surface area contributed by atoms with Gasteiger partial charge in [0.1, 0.15) is 11.6 Å². The molecule has 0 aromatic heterocycles. The van der Waals surface area contributed by atoms with Crippen LogP contribution >= 0.6 is 0 Å². The summed E-state index contributed by atoms with van der Waals surface area (Å²) in [5.41, 5.74) is 0.169. The molecule has 1 heterocycles. The molecule has 2 nitrogen and oxygen atoms in total. The van der Waals surface area contributed by atoms with Crippen LogP contribution in [0.1, 0.15) is 29.9 Å². The Bertz CT molecular complexity index is 403. The molecule has 1 atom stereocenters. The molecular weight excluding hydrogens is 231 g/mol. The van der Waals surface area contributed by atoms with E-state index in [0.29, 0.717) is 12.1 Å². The van der Waals surface area contributed by atoms with Crippen LogP contribution < -0.4 is 10.1 Å². The third-order valence-electron chi connectivity index (χ3n) is 3.05. The Morgan fingerprint density at radius 1 is 1.41 bits per heavy atom. The highest BCUT2D eigenvalue weighted by molar-refractivity contribution is 5.45. The molecule has 2 rings (SSSR count). The molecule has 1 fully saturated rings. The topological polar surface area (TPSA) is 21.3 Å². The zero-order chi connectivity index (χ0) is 12.4. The molecule has 0 amide bonds. The van der Waals surface area contributed by atoms with Crippen LogP contribution in [0, 0.1) is 5.82 Å². The lowest BCUT2D eigenvalue weighted by Gasteiger charge is -2.17. The maximum Gasteiger partial charge on any atom is 0.267 e. The molecule has 1 N–H and O–H groups in total. The SMILES string of the molecule is COc1c(C(F)F)cc(F)cc1C1CCNC1. The van der Waals surface area contributed by atoms with Gasteiger partial charge in [-0.15, -0.1) is 0 Å². The van der Waals surface area contributed by atoms with Gasteiger partial charge >= 0.3 is 0 Å². The fraction of sp³-hybridized carbons (Fsp3) is 0.500. The first-order valence-electron chi connectivity index (χ1n) is 5.49. The van der Waals surface area contributed by atoms with Gasteiger partial charge in [0.2, 0.25) is 0 Å². The monoisotopic (exact) mass is 245 g/mol. The summed E-state index contributed by atoms with van der Waals surface area (Å²) in [5.74, 6) is -0.476. The minimum Gasteiger partial charge on any atom is -0.496 e. The highest BCUT2D eigenvalue weighted by Crippen LogP contribution is 2.38. The molecule has 1 aromatic carbocycles. The van der Waals surface area contributed by atoms with Crippen LogP contribution in [-0.2, 0) is 0 Å². The van der Waals surface area contributed by atoms with Gasteiger partial charge in [0.15, 0.2) is 0 Å². The molecule has 0 aliphatic carbocycles. The van der Waals surface area contributed by atoms with Gasteiger partial charge < -0.3 is 10.1 Å². The summed E-state index contributed by atoms with van der Waals surface area (Å²) < 4.78 is 44.0. The van der Waals surface area contributed by atoms with Crippen molar-refractivity contribution in [2.75, 3.05) is 20.2 Å². The second-order valence-corrected chi connectivity index (χ2v) is 4.11. The third kappa shape index (κ3) is 2.39. The maximum absolute atomic E-state index is 13.3. The number of alkyl halides is 2. The first-order chi connectivity index (χ1) is 8.13. The molecule has 0 radical (unpaired) electrons. The quantitative estimate of drug-likeness (QED) is 0.884. The smallest absolute Gasteiger partial charge is 0.267 e. The van der Waals surface area contributed by atoms with E-state index in [0.717, 1.165) is 19.0 Å². The van der Waals surface area contributed by atoms with Crippen molar-refractivity contribution in [3.63, 3.8) is 0 Å². The molecule has 1 aromatic rings. The van der Waals surface area contributed by atoms with Crippen LogP contribution in [0.15, 0.2) is 12.1 Å². The van der Waals surface area contributed by atoms with Crippen LogP contribution in [0.4, 0.5) is 13.2 Å². The van der Waals surface area contributed by atoms with Crippen LogP contribution in [0.3, 0.4) is 0 Å². The molecular formula is C12H14F3NO. The summed E-state index contributed by atoms with van der Waals surface area (Å²) in [5, 5.41) is 3.12. The molecule has 0 bridgehead atoms. The number of methoxy groups -OCH3 is 1. The van der Waals surface area contributed by atoms with Gasteiger partial charge in [0.25, 0.3) is 6.43 Å². The summed E-state index contributed by atoms with van der Waals surface area (Å²) >= 11 is 0. The van der Waals surface area contributed by atoms with Gasteiger partial charge in [-0.05, 0) is 25.1 Å². The number of hydrogen-bond acceptors (Lipinski definition) is 2. The van der Waals surface area contributed by atoms with Gasteiger partial charge in [-0.25, -0.2) is 13.2 Å². The van der Waals surface area contributed by atoms with Gasteiger partial charge in [-0.3, -0.25) is 0 Å². The number of benzene rings is 1. The van der Waals surface area contributed by atoms with Crippen LogP contribution in [-0.4, -0.2) is 20.2 Å².